The molecule has 1 aromatic heterocycles. The molecule has 1 unspecified atom stereocenters. The van der Waals surface area contributed by atoms with Crippen LogP contribution in [0.4, 0.5) is 5.82 Å². The first-order valence-electron chi connectivity index (χ1n) is 8.87. The first kappa shape index (κ1) is 19.9. The van der Waals surface area contributed by atoms with Gasteiger partial charge < -0.3 is 0 Å². The second-order valence-corrected chi connectivity index (χ2v) is 11.2. The number of halogens is 1. The van der Waals surface area contributed by atoms with Gasteiger partial charge in [0.25, 0.3) is 10.0 Å². The van der Waals surface area contributed by atoms with Gasteiger partial charge in [-0.25, -0.2) is 21.5 Å². The third kappa shape index (κ3) is 4.31. The molecule has 4 rings (SSSR count). The highest BCUT2D eigenvalue weighted by molar-refractivity contribution is 7.92. The molecule has 1 aliphatic heterocycles. The van der Waals surface area contributed by atoms with E-state index in [1.165, 1.54) is 16.8 Å². The molecule has 3 aromatic rings. The molecule has 0 spiro atoms. The number of anilines is 1. The topological polar surface area (TPSA) is 98.1 Å². The molecule has 1 atom stereocenters. The second-order valence-electron chi connectivity index (χ2n) is 6.85. The Balaban J connectivity index is 1.76. The number of aromatic nitrogens is 2. The number of rotatable bonds is 5. The molecule has 1 N–H and O–H groups in total. The number of benzene rings is 2. The molecule has 7 nitrogen and oxygen atoms in total. The van der Waals surface area contributed by atoms with E-state index >= 15 is 0 Å². The number of hydrogen-bond donors (Lipinski definition) is 1. The molecule has 2 aromatic carbocycles. The average Bonchev–Trinajstić information content (AvgIpc) is 3.25. The van der Waals surface area contributed by atoms with Gasteiger partial charge in [0.1, 0.15) is 5.82 Å². The summed E-state index contributed by atoms with van der Waals surface area (Å²) in [7, 11) is -7.10. The Morgan fingerprint density at radius 3 is 2.48 bits per heavy atom. The Labute approximate surface area is 174 Å². The van der Waals surface area contributed by atoms with E-state index in [-0.39, 0.29) is 22.2 Å². The van der Waals surface area contributed by atoms with Crippen molar-refractivity contribution in [2.45, 2.75) is 17.4 Å². The Morgan fingerprint density at radius 1 is 1.07 bits per heavy atom. The van der Waals surface area contributed by atoms with Crippen LogP contribution in [0, 0.1) is 0 Å². The molecule has 29 heavy (non-hydrogen) atoms. The summed E-state index contributed by atoms with van der Waals surface area (Å²) >= 11 is 5.93. The summed E-state index contributed by atoms with van der Waals surface area (Å²) < 4.78 is 53.6. The minimum Gasteiger partial charge on any atom is -0.264 e. The van der Waals surface area contributed by atoms with E-state index in [1.807, 2.05) is 30.3 Å². The fraction of sp³-hybridized carbons (Fsp3) is 0.211. The predicted molar refractivity (Wildman–Crippen MR) is 112 cm³/mol. The van der Waals surface area contributed by atoms with E-state index < -0.39 is 25.9 Å². The third-order valence-electron chi connectivity index (χ3n) is 4.70. The third-order valence-corrected chi connectivity index (χ3v) is 8.04. The van der Waals surface area contributed by atoms with Crippen LogP contribution in [0.5, 0.6) is 0 Å². The summed E-state index contributed by atoms with van der Waals surface area (Å²) in [5.41, 5.74) is 1.36. The number of nitrogens with zero attached hydrogens (tertiary/aromatic N) is 2. The van der Waals surface area contributed by atoms with Crippen molar-refractivity contribution >= 4 is 37.3 Å². The summed E-state index contributed by atoms with van der Waals surface area (Å²) in [5, 5.41) is 4.82. The zero-order valence-corrected chi connectivity index (χ0v) is 17.6. The van der Waals surface area contributed by atoms with Gasteiger partial charge in [-0.1, -0.05) is 48.0 Å². The van der Waals surface area contributed by atoms with Crippen molar-refractivity contribution in [1.29, 1.82) is 0 Å². The Bertz CT molecular complexity index is 1260. The van der Waals surface area contributed by atoms with Crippen LogP contribution in [-0.2, 0) is 19.9 Å². The maximum absolute atomic E-state index is 12.9. The molecule has 0 radical (unpaired) electrons. The first-order chi connectivity index (χ1) is 13.7. The molecule has 0 saturated carbocycles. The van der Waals surface area contributed by atoms with Crippen LogP contribution in [0.2, 0.25) is 5.02 Å². The van der Waals surface area contributed by atoms with Crippen molar-refractivity contribution in [2.75, 3.05) is 16.2 Å². The molecule has 2 heterocycles. The van der Waals surface area contributed by atoms with Crippen molar-refractivity contribution in [3.05, 3.63) is 65.7 Å². The van der Waals surface area contributed by atoms with Crippen LogP contribution in [0.3, 0.4) is 0 Å². The van der Waals surface area contributed by atoms with Crippen molar-refractivity contribution in [3.63, 3.8) is 0 Å². The van der Waals surface area contributed by atoms with Gasteiger partial charge in [-0.05, 0) is 24.6 Å². The fourth-order valence-electron chi connectivity index (χ4n) is 3.30. The van der Waals surface area contributed by atoms with Crippen LogP contribution in [0.25, 0.3) is 11.3 Å². The van der Waals surface area contributed by atoms with Gasteiger partial charge in [0.05, 0.1) is 28.1 Å². The maximum Gasteiger partial charge on any atom is 0.263 e. The van der Waals surface area contributed by atoms with Gasteiger partial charge in [0.2, 0.25) is 0 Å². The van der Waals surface area contributed by atoms with Gasteiger partial charge in [0.15, 0.2) is 9.84 Å². The van der Waals surface area contributed by atoms with Crippen LogP contribution in [-0.4, -0.2) is 38.1 Å². The van der Waals surface area contributed by atoms with Gasteiger partial charge in [-0.15, -0.1) is 0 Å². The maximum atomic E-state index is 12.9. The highest BCUT2D eigenvalue weighted by Gasteiger charge is 2.32. The standard InChI is InChI=1S/C19H18ClN3O4S2/c20-15-7-4-8-17(11-15)29(26,27)22-19-12-18(14-5-2-1-3-6-14)21-23(19)16-9-10-28(24,25)13-16/h1-8,11-12,16,22H,9-10,13H2. The molecular weight excluding hydrogens is 434 g/mol. The lowest BCUT2D eigenvalue weighted by Crippen LogP contribution is -2.20. The van der Waals surface area contributed by atoms with E-state index in [2.05, 4.69) is 9.82 Å². The van der Waals surface area contributed by atoms with Crippen molar-refractivity contribution in [3.8, 4) is 11.3 Å². The van der Waals surface area contributed by atoms with Crippen molar-refractivity contribution in [1.82, 2.24) is 9.78 Å². The van der Waals surface area contributed by atoms with E-state index in [9.17, 15) is 16.8 Å². The zero-order chi connectivity index (χ0) is 20.6. The number of sulfonamides is 1. The summed E-state index contributed by atoms with van der Waals surface area (Å²) in [6.45, 7) is 0. The summed E-state index contributed by atoms with van der Waals surface area (Å²) in [6.07, 6.45) is 0.379. The monoisotopic (exact) mass is 451 g/mol. The van der Waals surface area contributed by atoms with Gasteiger partial charge >= 0.3 is 0 Å². The number of hydrogen-bond acceptors (Lipinski definition) is 5. The number of sulfone groups is 1. The van der Waals surface area contributed by atoms with E-state index in [0.717, 1.165) is 5.56 Å². The summed E-state index contributed by atoms with van der Waals surface area (Å²) in [5.74, 6) is 0.193. The minimum absolute atomic E-state index is 0.0121. The lowest BCUT2D eigenvalue weighted by molar-refractivity contribution is 0.507. The summed E-state index contributed by atoms with van der Waals surface area (Å²) in [4.78, 5) is 0.0121. The lowest BCUT2D eigenvalue weighted by atomic mass is 10.2. The van der Waals surface area contributed by atoms with Gasteiger partial charge in [0, 0.05) is 16.7 Å². The predicted octanol–water partition coefficient (Wildman–Crippen LogP) is 3.36. The highest BCUT2D eigenvalue weighted by atomic mass is 35.5. The van der Waals surface area contributed by atoms with Crippen molar-refractivity contribution in [2.24, 2.45) is 0 Å². The minimum atomic E-state index is -3.93. The fourth-order valence-corrected chi connectivity index (χ4v) is 6.33. The van der Waals surface area contributed by atoms with Crippen LogP contribution in [0.15, 0.2) is 65.6 Å². The second kappa shape index (κ2) is 7.47. The molecule has 0 amide bonds. The molecule has 1 saturated heterocycles. The molecule has 0 bridgehead atoms. The molecular formula is C19H18ClN3O4S2. The Hall–Kier alpha value is -2.36. The smallest absolute Gasteiger partial charge is 0.263 e. The highest BCUT2D eigenvalue weighted by Crippen LogP contribution is 2.31. The van der Waals surface area contributed by atoms with Crippen LogP contribution in [0.1, 0.15) is 12.5 Å². The van der Waals surface area contributed by atoms with Crippen LogP contribution < -0.4 is 4.72 Å². The molecule has 152 valence electrons. The largest absolute Gasteiger partial charge is 0.264 e. The van der Waals surface area contributed by atoms with Gasteiger partial charge in [-0.2, -0.15) is 5.10 Å². The Kier molecular flexibility index (Phi) is 5.14. The van der Waals surface area contributed by atoms with Crippen LogP contribution >= 0.6 is 11.6 Å². The lowest BCUT2D eigenvalue weighted by Gasteiger charge is -2.14. The first-order valence-corrected chi connectivity index (χ1v) is 12.6. The van der Waals surface area contributed by atoms with Gasteiger partial charge in [-0.3, -0.25) is 4.72 Å². The van der Waals surface area contributed by atoms with E-state index in [0.29, 0.717) is 17.1 Å². The Morgan fingerprint density at radius 2 is 1.83 bits per heavy atom. The zero-order valence-electron chi connectivity index (χ0n) is 15.2. The molecule has 1 fully saturated rings. The molecule has 10 heteroatoms. The normalized spacial score (nSPS) is 18.6. The SMILES string of the molecule is O=S1(=O)CCC(n2nc(-c3ccccc3)cc2NS(=O)(=O)c2cccc(Cl)c2)C1. The number of nitrogens with one attached hydrogen (secondary N) is 1. The molecule has 0 aliphatic carbocycles. The quantitative estimate of drug-likeness (QED) is 0.641. The summed E-state index contributed by atoms with van der Waals surface area (Å²) in [6, 6.07) is 16.4. The van der Waals surface area contributed by atoms with Crippen molar-refractivity contribution < 1.29 is 16.8 Å². The van der Waals surface area contributed by atoms with E-state index in [4.69, 9.17) is 11.6 Å². The average molecular weight is 452 g/mol. The molecule has 1 aliphatic rings. The van der Waals surface area contributed by atoms with E-state index in [1.54, 1.807) is 18.2 Å².